The maximum atomic E-state index is 15.2. The van der Waals surface area contributed by atoms with Crippen molar-refractivity contribution >= 4 is 35.1 Å². The highest BCUT2D eigenvalue weighted by Gasteiger charge is 2.50. The third kappa shape index (κ3) is 3.22. The van der Waals surface area contributed by atoms with E-state index >= 15 is 4.39 Å². The van der Waals surface area contributed by atoms with E-state index in [1.165, 1.54) is 0 Å². The summed E-state index contributed by atoms with van der Waals surface area (Å²) in [5, 5.41) is -0.137. The van der Waals surface area contributed by atoms with Crippen molar-refractivity contribution in [2.45, 2.75) is 31.5 Å². The topological polar surface area (TPSA) is 71.4 Å². The number of aliphatic imine (C=N–C) groups is 1. The summed E-state index contributed by atoms with van der Waals surface area (Å²) in [4.78, 5) is 30.6. The van der Waals surface area contributed by atoms with E-state index in [1.54, 1.807) is 6.92 Å². The standard InChI is InChI=1S/C19H16ClF4N3O4/c1-3-8-13-14(10(21)6-9(20)16(13)31-15(8)17(29)30-2)27-12(28)7-11(19(22,23)24)26-5-4-25-18(26)27/h6-8,15H,3-5H2,1-2H3. The Morgan fingerprint density at radius 3 is 2.74 bits per heavy atom. The van der Waals surface area contributed by atoms with Crippen molar-refractivity contribution in [3.63, 3.8) is 0 Å². The normalized spacial score (nSPS) is 22.6. The summed E-state index contributed by atoms with van der Waals surface area (Å²) in [6.07, 6.45) is -5.26. The lowest BCUT2D eigenvalue weighted by Gasteiger charge is -2.36. The van der Waals surface area contributed by atoms with Gasteiger partial charge in [-0.15, -0.1) is 0 Å². The molecule has 1 amide bonds. The van der Waals surface area contributed by atoms with Gasteiger partial charge in [0.2, 0.25) is 12.1 Å². The number of alkyl halides is 3. The number of hydrogen-bond donors (Lipinski definition) is 0. The number of carbonyl (C=O) groups excluding carboxylic acids is 2. The first-order valence-electron chi connectivity index (χ1n) is 9.31. The van der Waals surface area contributed by atoms with E-state index < -0.39 is 41.6 Å². The predicted molar refractivity (Wildman–Crippen MR) is 102 cm³/mol. The summed E-state index contributed by atoms with van der Waals surface area (Å²) < 4.78 is 65.9. The van der Waals surface area contributed by atoms with Gasteiger partial charge in [-0.2, -0.15) is 13.2 Å². The third-order valence-electron chi connectivity index (χ3n) is 5.35. The Morgan fingerprint density at radius 2 is 2.13 bits per heavy atom. The van der Waals surface area contributed by atoms with Gasteiger partial charge in [0.05, 0.1) is 24.4 Å². The molecule has 3 heterocycles. The van der Waals surface area contributed by atoms with Gasteiger partial charge < -0.3 is 14.4 Å². The Kier molecular flexibility index (Phi) is 5.11. The fourth-order valence-electron chi connectivity index (χ4n) is 4.07. The van der Waals surface area contributed by atoms with Crippen molar-refractivity contribution in [1.82, 2.24) is 4.90 Å². The number of ether oxygens (including phenoxy) is 2. The highest BCUT2D eigenvalue weighted by Crippen LogP contribution is 2.51. The molecule has 0 bridgehead atoms. The molecule has 2 unspecified atom stereocenters. The molecule has 3 aliphatic heterocycles. The van der Waals surface area contributed by atoms with Crippen LogP contribution in [0.4, 0.5) is 23.2 Å². The molecule has 1 aromatic rings. The number of methoxy groups -OCH3 is 1. The zero-order chi connectivity index (χ0) is 22.7. The van der Waals surface area contributed by atoms with Gasteiger partial charge >= 0.3 is 12.1 Å². The minimum atomic E-state index is -4.79. The van der Waals surface area contributed by atoms with Crippen LogP contribution in [0.15, 0.2) is 22.8 Å². The van der Waals surface area contributed by atoms with Crippen molar-refractivity contribution in [3.05, 3.63) is 34.2 Å². The highest BCUT2D eigenvalue weighted by atomic mass is 35.5. The molecule has 12 heteroatoms. The van der Waals surface area contributed by atoms with Gasteiger partial charge in [0.25, 0.3) is 5.91 Å². The van der Waals surface area contributed by atoms with E-state index in [9.17, 15) is 22.8 Å². The molecule has 0 saturated carbocycles. The summed E-state index contributed by atoms with van der Waals surface area (Å²) >= 11 is 6.13. The molecule has 31 heavy (non-hydrogen) atoms. The fourth-order valence-corrected chi connectivity index (χ4v) is 4.31. The number of fused-ring (bicyclic) bond motifs is 2. The SMILES string of the molecule is CCC1c2c(c(Cl)cc(F)c2N2C(=O)C=C(C(F)(F)F)N3CCN=C32)OC1C(=O)OC. The van der Waals surface area contributed by atoms with E-state index in [-0.39, 0.29) is 47.5 Å². The number of amides is 1. The van der Waals surface area contributed by atoms with E-state index in [2.05, 4.69) is 4.99 Å². The van der Waals surface area contributed by atoms with Crippen molar-refractivity contribution in [2.24, 2.45) is 4.99 Å². The number of anilines is 1. The van der Waals surface area contributed by atoms with Gasteiger partial charge in [0.15, 0.2) is 0 Å². The zero-order valence-corrected chi connectivity index (χ0v) is 17.1. The van der Waals surface area contributed by atoms with E-state index in [4.69, 9.17) is 21.1 Å². The molecular formula is C19H16ClF4N3O4. The minimum absolute atomic E-state index is 0.0115. The van der Waals surface area contributed by atoms with Gasteiger partial charge in [-0.3, -0.25) is 9.79 Å². The Bertz CT molecular complexity index is 1040. The van der Waals surface area contributed by atoms with Gasteiger partial charge in [-0.25, -0.2) is 14.1 Å². The monoisotopic (exact) mass is 461 g/mol. The van der Waals surface area contributed by atoms with Crippen LogP contribution in [0.3, 0.4) is 0 Å². The Hall–Kier alpha value is -2.82. The van der Waals surface area contributed by atoms with Crippen LogP contribution in [-0.2, 0) is 14.3 Å². The summed E-state index contributed by atoms with van der Waals surface area (Å²) in [5.74, 6) is -3.92. The first-order chi connectivity index (χ1) is 14.6. The maximum Gasteiger partial charge on any atom is 0.431 e. The first kappa shape index (κ1) is 21.4. The fraction of sp³-hybridized carbons (Fsp3) is 0.421. The number of nitrogens with zero attached hydrogens (tertiary/aromatic N) is 3. The summed E-state index contributed by atoms with van der Waals surface area (Å²) in [6.45, 7) is 1.57. The molecule has 0 fully saturated rings. The van der Waals surface area contributed by atoms with Gasteiger partial charge in [0, 0.05) is 24.1 Å². The van der Waals surface area contributed by atoms with Crippen LogP contribution in [0.1, 0.15) is 24.8 Å². The van der Waals surface area contributed by atoms with E-state index in [0.717, 1.165) is 23.0 Å². The first-order valence-corrected chi connectivity index (χ1v) is 9.69. The number of rotatable bonds is 3. The smallest absolute Gasteiger partial charge is 0.431 e. The summed E-state index contributed by atoms with van der Waals surface area (Å²) in [7, 11) is 1.16. The zero-order valence-electron chi connectivity index (χ0n) is 16.3. The molecule has 0 radical (unpaired) electrons. The maximum absolute atomic E-state index is 15.2. The predicted octanol–water partition coefficient (Wildman–Crippen LogP) is 3.37. The van der Waals surface area contributed by atoms with Crippen LogP contribution in [0.2, 0.25) is 5.02 Å². The average molecular weight is 462 g/mol. The van der Waals surface area contributed by atoms with Crippen LogP contribution < -0.4 is 9.64 Å². The minimum Gasteiger partial charge on any atom is -0.476 e. The second-order valence-electron chi connectivity index (χ2n) is 7.04. The number of carbonyl (C=O) groups is 2. The molecular weight excluding hydrogens is 446 g/mol. The Balaban J connectivity index is 1.91. The Labute approximate surface area is 178 Å². The molecule has 1 aromatic carbocycles. The molecule has 4 rings (SSSR count). The summed E-state index contributed by atoms with van der Waals surface area (Å²) in [6, 6.07) is 0.887. The van der Waals surface area contributed by atoms with Crippen LogP contribution in [-0.4, -0.2) is 55.2 Å². The van der Waals surface area contributed by atoms with E-state index in [1.807, 2.05) is 0 Å². The van der Waals surface area contributed by atoms with Crippen molar-refractivity contribution in [1.29, 1.82) is 0 Å². The average Bonchev–Trinajstić information content (AvgIpc) is 3.32. The highest BCUT2D eigenvalue weighted by molar-refractivity contribution is 6.33. The lowest BCUT2D eigenvalue weighted by atomic mass is 9.90. The number of halogens is 5. The molecule has 0 saturated heterocycles. The van der Waals surface area contributed by atoms with Crippen LogP contribution in [0.25, 0.3) is 0 Å². The van der Waals surface area contributed by atoms with Crippen LogP contribution >= 0.6 is 11.6 Å². The largest absolute Gasteiger partial charge is 0.476 e. The molecule has 0 aromatic heterocycles. The Morgan fingerprint density at radius 1 is 1.42 bits per heavy atom. The molecule has 0 N–H and O–H groups in total. The third-order valence-corrected chi connectivity index (χ3v) is 5.64. The molecule has 0 spiro atoms. The van der Waals surface area contributed by atoms with Crippen LogP contribution in [0.5, 0.6) is 5.75 Å². The quantitative estimate of drug-likeness (QED) is 0.510. The second kappa shape index (κ2) is 7.40. The lowest BCUT2D eigenvalue weighted by Crippen LogP contribution is -2.51. The van der Waals surface area contributed by atoms with E-state index in [0.29, 0.717) is 6.08 Å². The summed E-state index contributed by atoms with van der Waals surface area (Å²) in [5.41, 5.74) is -1.41. The molecule has 7 nitrogen and oxygen atoms in total. The van der Waals surface area contributed by atoms with Crippen molar-refractivity contribution in [2.75, 3.05) is 25.1 Å². The van der Waals surface area contributed by atoms with Gasteiger partial charge in [0.1, 0.15) is 17.3 Å². The molecule has 3 aliphatic rings. The van der Waals surface area contributed by atoms with Crippen molar-refractivity contribution in [3.8, 4) is 5.75 Å². The number of benzene rings is 1. The number of esters is 1. The number of guanidine groups is 1. The number of allylic oxidation sites excluding steroid dienone is 1. The van der Waals surface area contributed by atoms with Crippen molar-refractivity contribution < 1.29 is 36.6 Å². The van der Waals surface area contributed by atoms with Crippen LogP contribution in [0, 0.1) is 5.82 Å². The lowest BCUT2D eigenvalue weighted by molar-refractivity contribution is -0.149. The molecule has 0 aliphatic carbocycles. The molecule has 2 atom stereocenters. The number of hydrogen-bond acceptors (Lipinski definition) is 6. The molecule has 166 valence electrons. The van der Waals surface area contributed by atoms with Gasteiger partial charge in [-0.05, 0) is 12.5 Å². The van der Waals surface area contributed by atoms with Gasteiger partial charge in [-0.1, -0.05) is 18.5 Å². The second-order valence-corrected chi connectivity index (χ2v) is 7.45.